The van der Waals surface area contributed by atoms with Crippen molar-refractivity contribution in [2.24, 2.45) is 28.2 Å². The van der Waals surface area contributed by atoms with Gasteiger partial charge in [0.15, 0.2) is 17.4 Å². The lowest BCUT2D eigenvalue weighted by molar-refractivity contribution is -0.0492. The second-order valence-electron chi connectivity index (χ2n) is 8.74. The van der Waals surface area contributed by atoms with Crippen LogP contribution in [0.25, 0.3) is 5.65 Å². The fraction of sp³-hybridized carbons (Fsp3) is 0.650. The van der Waals surface area contributed by atoms with E-state index in [9.17, 15) is 0 Å². The van der Waals surface area contributed by atoms with Crippen LogP contribution in [0.2, 0.25) is 0 Å². The van der Waals surface area contributed by atoms with Gasteiger partial charge >= 0.3 is 0 Å². The summed E-state index contributed by atoms with van der Waals surface area (Å²) in [7, 11) is 1.84. The molecule has 0 aromatic carbocycles. The topological polar surface area (TPSA) is 66.6 Å². The highest BCUT2D eigenvalue weighted by Gasteiger charge is 2.50. The van der Waals surface area contributed by atoms with Gasteiger partial charge in [0.25, 0.3) is 0 Å². The smallest absolute Gasteiger partial charge is 0.191 e. The number of nitrogens with one attached hydrogen (secondary N) is 2. The summed E-state index contributed by atoms with van der Waals surface area (Å²) >= 11 is 0. The maximum atomic E-state index is 4.42. The highest BCUT2D eigenvalue weighted by molar-refractivity contribution is 5.79. The van der Waals surface area contributed by atoms with Crippen LogP contribution >= 0.6 is 0 Å². The Morgan fingerprint density at radius 1 is 1.12 bits per heavy atom. The summed E-state index contributed by atoms with van der Waals surface area (Å²) in [6.45, 7) is 1.67. The van der Waals surface area contributed by atoms with Crippen LogP contribution in [0, 0.1) is 23.2 Å². The third-order valence-electron chi connectivity index (χ3n) is 6.82. The van der Waals surface area contributed by atoms with Crippen LogP contribution in [0.15, 0.2) is 29.4 Å². The lowest BCUT2D eigenvalue weighted by Gasteiger charge is -2.57. The maximum absolute atomic E-state index is 4.42. The van der Waals surface area contributed by atoms with Gasteiger partial charge in [0.2, 0.25) is 0 Å². The molecular weight excluding hydrogens is 324 g/mol. The summed E-state index contributed by atoms with van der Waals surface area (Å²) in [4.78, 5) is 4.42. The van der Waals surface area contributed by atoms with Crippen molar-refractivity contribution >= 4 is 11.6 Å². The minimum absolute atomic E-state index is 0.508. The van der Waals surface area contributed by atoms with Crippen molar-refractivity contribution in [2.75, 3.05) is 13.6 Å². The van der Waals surface area contributed by atoms with Gasteiger partial charge in [0, 0.05) is 19.8 Å². The Labute approximate surface area is 154 Å². The van der Waals surface area contributed by atoms with E-state index in [0.29, 0.717) is 12.0 Å². The Morgan fingerprint density at radius 2 is 1.85 bits per heavy atom. The number of rotatable bonds is 4. The Hall–Kier alpha value is -2.11. The van der Waals surface area contributed by atoms with Crippen LogP contribution in [0.3, 0.4) is 0 Å². The summed E-state index contributed by atoms with van der Waals surface area (Å²) in [5, 5.41) is 15.5. The average Bonchev–Trinajstić information content (AvgIpc) is 3.04. The predicted molar refractivity (Wildman–Crippen MR) is 102 cm³/mol. The molecule has 0 radical (unpaired) electrons. The Balaban J connectivity index is 1.21. The summed E-state index contributed by atoms with van der Waals surface area (Å²) in [5.74, 6) is 4.73. The minimum atomic E-state index is 0.508. The summed E-state index contributed by atoms with van der Waals surface area (Å²) in [6, 6.07) is 5.95. The normalized spacial score (nSPS) is 33.0. The molecule has 4 bridgehead atoms. The van der Waals surface area contributed by atoms with Crippen LogP contribution in [0.1, 0.15) is 44.3 Å². The van der Waals surface area contributed by atoms with Gasteiger partial charge in [-0.15, -0.1) is 10.2 Å². The molecule has 0 unspecified atom stereocenters. The first-order valence-electron chi connectivity index (χ1n) is 9.96. The van der Waals surface area contributed by atoms with Crippen LogP contribution in [-0.2, 0) is 6.54 Å². The Kier molecular flexibility index (Phi) is 3.87. The standard InChI is InChI=1S/C20H28N6/c1-21-19(22-12-18-25-24-17-4-2-3-5-26(17)18)23-13-20-9-14-6-15(10-20)8-16(7-14)11-20/h2-5,14-16H,6-13H2,1H3,(H2,21,22,23). The number of guanidine groups is 1. The summed E-state index contributed by atoms with van der Waals surface area (Å²) in [6.07, 6.45) is 10.7. The fourth-order valence-corrected chi connectivity index (χ4v) is 6.17. The van der Waals surface area contributed by atoms with Crippen molar-refractivity contribution in [2.45, 2.75) is 45.1 Å². The van der Waals surface area contributed by atoms with Gasteiger partial charge in [-0.25, -0.2) is 0 Å². The van der Waals surface area contributed by atoms with Crippen LogP contribution in [0.5, 0.6) is 0 Å². The number of hydrogen-bond acceptors (Lipinski definition) is 3. The summed E-state index contributed by atoms with van der Waals surface area (Å²) in [5.41, 5.74) is 1.38. The highest BCUT2D eigenvalue weighted by atomic mass is 15.3. The lowest BCUT2D eigenvalue weighted by atomic mass is 9.49. The zero-order chi connectivity index (χ0) is 17.6. The van der Waals surface area contributed by atoms with Gasteiger partial charge in [-0.2, -0.15) is 0 Å². The van der Waals surface area contributed by atoms with E-state index in [1.165, 1.54) is 38.5 Å². The molecule has 2 N–H and O–H groups in total. The molecular formula is C20H28N6. The van der Waals surface area contributed by atoms with E-state index in [1.54, 1.807) is 0 Å². The summed E-state index contributed by atoms with van der Waals surface area (Å²) < 4.78 is 2.01. The first-order valence-corrected chi connectivity index (χ1v) is 9.96. The van der Waals surface area contributed by atoms with E-state index in [4.69, 9.17) is 0 Å². The van der Waals surface area contributed by atoms with Gasteiger partial charge in [0.1, 0.15) is 0 Å². The van der Waals surface area contributed by atoms with Gasteiger partial charge in [-0.1, -0.05) is 6.07 Å². The van der Waals surface area contributed by atoms with Gasteiger partial charge in [-0.05, 0) is 73.8 Å². The number of pyridine rings is 1. The quantitative estimate of drug-likeness (QED) is 0.656. The number of hydrogen-bond donors (Lipinski definition) is 2. The predicted octanol–water partition coefficient (Wildman–Crippen LogP) is 2.61. The van der Waals surface area contributed by atoms with E-state index in [0.717, 1.165) is 41.7 Å². The molecule has 6 heteroatoms. The molecule has 2 aromatic heterocycles. The second kappa shape index (κ2) is 6.25. The third kappa shape index (κ3) is 2.85. The molecule has 138 valence electrons. The largest absolute Gasteiger partial charge is 0.356 e. The average molecular weight is 352 g/mol. The molecule has 4 aliphatic carbocycles. The van der Waals surface area contributed by atoms with Gasteiger partial charge in [-0.3, -0.25) is 9.39 Å². The van der Waals surface area contributed by atoms with Crippen molar-refractivity contribution in [3.05, 3.63) is 30.2 Å². The number of nitrogens with zero attached hydrogens (tertiary/aromatic N) is 4. The van der Waals surface area contributed by atoms with Gasteiger partial charge < -0.3 is 10.6 Å². The molecule has 4 saturated carbocycles. The first kappa shape index (κ1) is 16.1. The second-order valence-corrected chi connectivity index (χ2v) is 8.74. The molecule has 2 aromatic rings. The molecule has 0 spiro atoms. The SMILES string of the molecule is CN=C(NCc1nnc2ccccn12)NCC12CC3CC(CC(C3)C1)C2. The molecule has 6 rings (SSSR count). The highest BCUT2D eigenvalue weighted by Crippen LogP contribution is 2.59. The molecule has 6 nitrogen and oxygen atoms in total. The number of fused-ring (bicyclic) bond motifs is 1. The zero-order valence-corrected chi connectivity index (χ0v) is 15.5. The first-order chi connectivity index (χ1) is 12.7. The molecule has 4 fully saturated rings. The molecule has 0 saturated heterocycles. The zero-order valence-electron chi connectivity index (χ0n) is 15.5. The minimum Gasteiger partial charge on any atom is -0.356 e. The van der Waals surface area contributed by atoms with Crippen molar-refractivity contribution < 1.29 is 0 Å². The number of aliphatic imine (C=N–C) groups is 1. The molecule has 0 atom stereocenters. The van der Waals surface area contributed by atoms with Crippen LogP contribution < -0.4 is 10.6 Å². The van der Waals surface area contributed by atoms with Crippen molar-refractivity contribution in [3.8, 4) is 0 Å². The Bertz CT molecular complexity index is 787. The third-order valence-corrected chi connectivity index (χ3v) is 6.82. The molecule has 0 amide bonds. The van der Waals surface area contributed by atoms with E-state index in [-0.39, 0.29) is 0 Å². The van der Waals surface area contributed by atoms with E-state index >= 15 is 0 Å². The monoisotopic (exact) mass is 352 g/mol. The Morgan fingerprint density at radius 3 is 2.54 bits per heavy atom. The van der Waals surface area contributed by atoms with Crippen molar-refractivity contribution in [1.82, 2.24) is 25.2 Å². The van der Waals surface area contributed by atoms with Crippen LogP contribution in [-0.4, -0.2) is 34.2 Å². The number of aromatic nitrogens is 3. The van der Waals surface area contributed by atoms with Crippen LogP contribution in [0.4, 0.5) is 0 Å². The van der Waals surface area contributed by atoms with E-state index < -0.39 is 0 Å². The van der Waals surface area contributed by atoms with Gasteiger partial charge in [0.05, 0.1) is 6.54 Å². The fourth-order valence-electron chi connectivity index (χ4n) is 6.17. The molecule has 26 heavy (non-hydrogen) atoms. The maximum Gasteiger partial charge on any atom is 0.191 e. The van der Waals surface area contributed by atoms with Crippen molar-refractivity contribution in [3.63, 3.8) is 0 Å². The molecule has 2 heterocycles. The lowest BCUT2D eigenvalue weighted by Crippen LogP contribution is -2.52. The van der Waals surface area contributed by atoms with Crippen molar-refractivity contribution in [1.29, 1.82) is 0 Å². The molecule has 0 aliphatic heterocycles. The van der Waals surface area contributed by atoms with E-state index in [1.807, 2.05) is 35.8 Å². The van der Waals surface area contributed by atoms with E-state index in [2.05, 4.69) is 25.8 Å². The molecule has 4 aliphatic rings.